The Morgan fingerprint density at radius 2 is 1.90 bits per heavy atom. The van der Waals surface area contributed by atoms with E-state index in [1.165, 1.54) is 26.3 Å². The molecule has 1 atom stereocenters. The van der Waals surface area contributed by atoms with E-state index in [4.69, 9.17) is 4.84 Å². The predicted molar refractivity (Wildman–Crippen MR) is 75.1 cm³/mol. The van der Waals surface area contributed by atoms with E-state index in [1.54, 1.807) is 13.8 Å². The quantitative estimate of drug-likeness (QED) is 0.798. The number of rotatable bonds is 6. The number of nitrogens with one attached hydrogen (secondary N) is 1. The average molecular weight is 318 g/mol. The van der Waals surface area contributed by atoms with Crippen LogP contribution in [0.2, 0.25) is 0 Å². The fourth-order valence-electron chi connectivity index (χ4n) is 1.65. The third kappa shape index (κ3) is 4.23. The lowest BCUT2D eigenvalue weighted by atomic mass is 10.1. The molecule has 1 rings (SSSR count). The van der Waals surface area contributed by atoms with E-state index in [0.717, 1.165) is 17.2 Å². The van der Waals surface area contributed by atoms with Gasteiger partial charge in [0.1, 0.15) is 16.8 Å². The molecule has 1 aromatic rings. The first-order valence-electron chi connectivity index (χ1n) is 6.29. The summed E-state index contributed by atoms with van der Waals surface area (Å²) in [7, 11) is -1.49. The maximum Gasteiger partial charge on any atom is 0.264 e. The van der Waals surface area contributed by atoms with Crippen LogP contribution in [0.3, 0.4) is 0 Å². The summed E-state index contributed by atoms with van der Waals surface area (Å²) in [6, 6.07) is 3.92. The maximum absolute atomic E-state index is 13.6. The van der Waals surface area contributed by atoms with Gasteiger partial charge in [-0.3, -0.25) is 9.63 Å². The van der Waals surface area contributed by atoms with Gasteiger partial charge in [-0.05, 0) is 18.1 Å². The Bertz CT molecular complexity index is 604. The molecule has 1 N–H and O–H groups in total. The second-order valence-electron chi connectivity index (χ2n) is 4.79. The minimum atomic E-state index is -4.15. The van der Waals surface area contributed by atoms with E-state index in [-0.39, 0.29) is 5.92 Å². The summed E-state index contributed by atoms with van der Waals surface area (Å²) < 4.78 is 40.3. The van der Waals surface area contributed by atoms with Crippen LogP contribution in [0.15, 0.2) is 29.2 Å². The molecule has 0 saturated carbocycles. The van der Waals surface area contributed by atoms with Crippen molar-refractivity contribution >= 4 is 15.9 Å². The zero-order chi connectivity index (χ0) is 16.2. The van der Waals surface area contributed by atoms with Gasteiger partial charge in [0.15, 0.2) is 0 Å². The molecule has 0 aromatic heterocycles. The van der Waals surface area contributed by atoms with Crippen LogP contribution in [-0.4, -0.2) is 39.6 Å². The number of amides is 1. The monoisotopic (exact) mass is 318 g/mol. The Hall–Kier alpha value is -1.51. The summed E-state index contributed by atoms with van der Waals surface area (Å²) in [4.78, 5) is 16.4. The minimum Gasteiger partial charge on any atom is -0.275 e. The standard InChI is InChI=1S/C13H19FN2O4S/c1-9(2)12(13(17)16(3)20-4)15-21(18,19)11-8-6-5-7-10(11)14/h5-9,12,15H,1-4H3/t12-/m1/s1. The highest BCUT2D eigenvalue weighted by Gasteiger charge is 2.31. The molecule has 6 nitrogen and oxygen atoms in total. The topological polar surface area (TPSA) is 75.7 Å². The maximum atomic E-state index is 13.6. The zero-order valence-corrected chi connectivity index (χ0v) is 13.1. The summed E-state index contributed by atoms with van der Waals surface area (Å²) in [5.74, 6) is -1.77. The number of carbonyl (C=O) groups excluding carboxylic acids is 1. The molecular weight excluding hydrogens is 299 g/mol. The van der Waals surface area contributed by atoms with E-state index >= 15 is 0 Å². The molecule has 1 aromatic carbocycles. The molecule has 21 heavy (non-hydrogen) atoms. The highest BCUT2D eigenvalue weighted by Crippen LogP contribution is 2.16. The van der Waals surface area contributed by atoms with Crippen LogP contribution in [0, 0.1) is 11.7 Å². The van der Waals surface area contributed by atoms with Gasteiger partial charge in [0.25, 0.3) is 5.91 Å². The van der Waals surface area contributed by atoms with Gasteiger partial charge in [-0.15, -0.1) is 0 Å². The molecule has 0 bridgehead atoms. The number of sulfonamides is 1. The van der Waals surface area contributed by atoms with Gasteiger partial charge in [-0.1, -0.05) is 26.0 Å². The van der Waals surface area contributed by atoms with Gasteiger partial charge < -0.3 is 0 Å². The first-order chi connectivity index (χ1) is 9.70. The van der Waals surface area contributed by atoms with Gasteiger partial charge in [-0.25, -0.2) is 17.9 Å². The molecule has 1 amide bonds. The summed E-state index contributed by atoms with van der Waals surface area (Å²) >= 11 is 0. The van der Waals surface area contributed by atoms with Crippen molar-refractivity contribution in [3.8, 4) is 0 Å². The van der Waals surface area contributed by atoms with Crippen LogP contribution in [0.5, 0.6) is 0 Å². The van der Waals surface area contributed by atoms with Crippen molar-refractivity contribution in [2.24, 2.45) is 5.92 Å². The molecule has 8 heteroatoms. The molecule has 118 valence electrons. The third-order valence-corrected chi connectivity index (χ3v) is 4.40. The van der Waals surface area contributed by atoms with Crippen molar-refractivity contribution in [1.29, 1.82) is 0 Å². The Morgan fingerprint density at radius 1 is 1.33 bits per heavy atom. The lowest BCUT2D eigenvalue weighted by Crippen LogP contribution is -2.49. The van der Waals surface area contributed by atoms with E-state index in [1.807, 2.05) is 0 Å². The summed E-state index contributed by atoms with van der Waals surface area (Å²) in [6.45, 7) is 3.35. The first kappa shape index (κ1) is 17.5. The van der Waals surface area contributed by atoms with Crippen LogP contribution in [-0.2, 0) is 19.7 Å². The van der Waals surface area contributed by atoms with Crippen molar-refractivity contribution in [2.75, 3.05) is 14.2 Å². The number of halogens is 1. The van der Waals surface area contributed by atoms with E-state index in [0.29, 0.717) is 0 Å². The number of hydrogen-bond donors (Lipinski definition) is 1. The van der Waals surface area contributed by atoms with Crippen LogP contribution >= 0.6 is 0 Å². The molecule has 0 aliphatic carbocycles. The predicted octanol–water partition coefficient (Wildman–Crippen LogP) is 1.15. The van der Waals surface area contributed by atoms with Crippen molar-refractivity contribution in [1.82, 2.24) is 9.79 Å². The second kappa shape index (κ2) is 6.97. The molecule has 0 fully saturated rings. The smallest absolute Gasteiger partial charge is 0.264 e. The lowest BCUT2D eigenvalue weighted by molar-refractivity contribution is -0.171. The molecule has 0 aliphatic rings. The molecule has 0 aliphatic heterocycles. The molecule has 0 heterocycles. The van der Waals surface area contributed by atoms with Gasteiger partial charge in [0.05, 0.1) is 7.11 Å². The number of nitrogens with zero attached hydrogens (tertiary/aromatic N) is 1. The Kier molecular flexibility index (Phi) is 5.82. The number of likely N-dealkylation sites (N-methyl/N-ethyl adjacent to an activating group) is 1. The van der Waals surface area contributed by atoms with E-state index in [2.05, 4.69) is 4.72 Å². The van der Waals surface area contributed by atoms with Crippen molar-refractivity contribution in [2.45, 2.75) is 24.8 Å². The highest BCUT2D eigenvalue weighted by atomic mass is 32.2. The summed E-state index contributed by atoms with van der Waals surface area (Å²) in [5, 5.41) is 0.925. The molecule has 0 unspecified atom stereocenters. The normalized spacial score (nSPS) is 13.2. The van der Waals surface area contributed by atoms with Crippen molar-refractivity contribution < 1.29 is 22.4 Å². The van der Waals surface area contributed by atoms with Crippen molar-refractivity contribution in [3.63, 3.8) is 0 Å². The molecule has 0 radical (unpaired) electrons. The van der Waals surface area contributed by atoms with Gasteiger partial charge in [0.2, 0.25) is 10.0 Å². The summed E-state index contributed by atoms with van der Waals surface area (Å²) in [6.07, 6.45) is 0. The lowest BCUT2D eigenvalue weighted by Gasteiger charge is -2.25. The Morgan fingerprint density at radius 3 is 2.38 bits per heavy atom. The van der Waals surface area contributed by atoms with Crippen LogP contribution in [0.25, 0.3) is 0 Å². The first-order valence-corrected chi connectivity index (χ1v) is 7.77. The van der Waals surface area contributed by atoms with Gasteiger partial charge in [-0.2, -0.15) is 4.72 Å². The van der Waals surface area contributed by atoms with E-state index in [9.17, 15) is 17.6 Å². The van der Waals surface area contributed by atoms with Crippen molar-refractivity contribution in [3.05, 3.63) is 30.1 Å². The van der Waals surface area contributed by atoms with Crippen LogP contribution in [0.4, 0.5) is 4.39 Å². The minimum absolute atomic E-state index is 0.336. The molecular formula is C13H19FN2O4S. The highest BCUT2D eigenvalue weighted by molar-refractivity contribution is 7.89. The fraction of sp³-hybridized carbons (Fsp3) is 0.462. The van der Waals surface area contributed by atoms with Gasteiger partial charge >= 0.3 is 0 Å². The fourth-order valence-corrected chi connectivity index (χ4v) is 3.07. The van der Waals surface area contributed by atoms with E-state index < -0.39 is 32.7 Å². The summed E-state index contributed by atoms with van der Waals surface area (Å²) in [5.41, 5.74) is 0. The number of benzene rings is 1. The van der Waals surface area contributed by atoms with Crippen LogP contribution in [0.1, 0.15) is 13.8 Å². The molecule has 0 spiro atoms. The largest absolute Gasteiger partial charge is 0.275 e. The zero-order valence-electron chi connectivity index (χ0n) is 12.3. The SMILES string of the molecule is CON(C)C(=O)[C@H](NS(=O)(=O)c1ccccc1F)C(C)C. The number of hydrogen-bond acceptors (Lipinski definition) is 4. The third-order valence-electron chi connectivity index (χ3n) is 2.93. The average Bonchev–Trinajstić information content (AvgIpc) is 2.43. The van der Waals surface area contributed by atoms with Crippen LogP contribution < -0.4 is 4.72 Å². The number of hydroxylamine groups is 2. The number of carbonyl (C=O) groups is 1. The Labute approximate surface area is 123 Å². The Balaban J connectivity index is 3.09. The second-order valence-corrected chi connectivity index (χ2v) is 6.47. The van der Waals surface area contributed by atoms with Gasteiger partial charge in [0, 0.05) is 7.05 Å². The molecule has 0 saturated heterocycles.